The van der Waals surface area contributed by atoms with Crippen LogP contribution in [0, 0.1) is 5.92 Å². The van der Waals surface area contributed by atoms with E-state index < -0.39 is 0 Å². The molecule has 1 aromatic rings. The van der Waals surface area contributed by atoms with Crippen LogP contribution in [0.15, 0.2) is 24.3 Å². The molecular weight excluding hydrogens is 238 g/mol. The third-order valence-electron chi connectivity index (χ3n) is 3.82. The van der Waals surface area contributed by atoms with Crippen LogP contribution in [-0.4, -0.2) is 37.5 Å². The zero-order chi connectivity index (χ0) is 13.7. The maximum atomic E-state index is 11.2. The SMILES string of the molecule is CNCC1CCN(Cc2cccc(C(N)=O)c2)CC1. The smallest absolute Gasteiger partial charge is 0.248 e. The summed E-state index contributed by atoms with van der Waals surface area (Å²) < 4.78 is 0. The van der Waals surface area contributed by atoms with Crippen LogP contribution < -0.4 is 11.1 Å². The Morgan fingerprint density at radius 1 is 1.42 bits per heavy atom. The maximum absolute atomic E-state index is 11.2. The molecule has 1 amide bonds. The predicted molar refractivity (Wildman–Crippen MR) is 76.9 cm³/mol. The molecule has 1 saturated heterocycles. The molecule has 0 radical (unpaired) electrons. The highest BCUT2D eigenvalue weighted by Gasteiger charge is 2.18. The van der Waals surface area contributed by atoms with Gasteiger partial charge in [-0.2, -0.15) is 0 Å². The average molecular weight is 261 g/mol. The second-order valence-corrected chi connectivity index (χ2v) is 5.34. The van der Waals surface area contributed by atoms with Crippen molar-refractivity contribution in [2.45, 2.75) is 19.4 Å². The number of primary amides is 1. The number of nitrogens with one attached hydrogen (secondary N) is 1. The second kappa shape index (κ2) is 6.68. The Balaban J connectivity index is 1.88. The highest BCUT2D eigenvalue weighted by atomic mass is 16.1. The van der Waals surface area contributed by atoms with E-state index in [1.807, 2.05) is 19.2 Å². The van der Waals surface area contributed by atoms with Crippen LogP contribution in [0.5, 0.6) is 0 Å². The number of likely N-dealkylation sites (tertiary alicyclic amines) is 1. The lowest BCUT2D eigenvalue weighted by molar-refractivity contribution is 0.1000. The van der Waals surface area contributed by atoms with Gasteiger partial charge in [0.25, 0.3) is 0 Å². The first-order chi connectivity index (χ1) is 9.19. The molecule has 0 saturated carbocycles. The Morgan fingerprint density at radius 2 is 2.16 bits per heavy atom. The number of nitrogens with zero attached hydrogens (tertiary/aromatic N) is 1. The fraction of sp³-hybridized carbons (Fsp3) is 0.533. The van der Waals surface area contributed by atoms with Crippen molar-refractivity contribution in [1.82, 2.24) is 10.2 Å². The Kier molecular flexibility index (Phi) is 4.93. The second-order valence-electron chi connectivity index (χ2n) is 5.34. The summed E-state index contributed by atoms with van der Waals surface area (Å²) in [4.78, 5) is 13.6. The van der Waals surface area contributed by atoms with E-state index in [9.17, 15) is 4.79 Å². The van der Waals surface area contributed by atoms with Gasteiger partial charge < -0.3 is 11.1 Å². The molecule has 3 N–H and O–H groups in total. The van der Waals surface area contributed by atoms with Gasteiger partial charge in [-0.1, -0.05) is 12.1 Å². The van der Waals surface area contributed by atoms with E-state index in [2.05, 4.69) is 16.3 Å². The van der Waals surface area contributed by atoms with Crippen molar-refractivity contribution in [3.05, 3.63) is 35.4 Å². The fourth-order valence-corrected chi connectivity index (χ4v) is 2.72. The quantitative estimate of drug-likeness (QED) is 0.838. The number of hydrogen-bond acceptors (Lipinski definition) is 3. The molecule has 0 aliphatic carbocycles. The van der Waals surface area contributed by atoms with E-state index in [0.29, 0.717) is 5.56 Å². The molecule has 0 atom stereocenters. The highest BCUT2D eigenvalue weighted by Crippen LogP contribution is 2.18. The zero-order valence-corrected chi connectivity index (χ0v) is 11.6. The molecule has 1 heterocycles. The average Bonchev–Trinajstić information content (AvgIpc) is 2.42. The summed E-state index contributed by atoms with van der Waals surface area (Å²) in [6.45, 7) is 4.29. The van der Waals surface area contributed by atoms with Crippen molar-refractivity contribution >= 4 is 5.91 Å². The number of benzene rings is 1. The molecule has 4 heteroatoms. The van der Waals surface area contributed by atoms with Crippen molar-refractivity contribution < 1.29 is 4.79 Å². The molecule has 1 aromatic carbocycles. The number of amides is 1. The van der Waals surface area contributed by atoms with Crippen molar-refractivity contribution in [2.24, 2.45) is 11.7 Å². The Labute approximate surface area is 115 Å². The van der Waals surface area contributed by atoms with Gasteiger partial charge in [0.15, 0.2) is 0 Å². The normalized spacial score (nSPS) is 17.5. The Morgan fingerprint density at radius 3 is 2.79 bits per heavy atom. The number of carbonyl (C=O) groups excluding carboxylic acids is 1. The summed E-state index contributed by atoms with van der Waals surface area (Å²) in [6, 6.07) is 7.64. The summed E-state index contributed by atoms with van der Waals surface area (Å²) >= 11 is 0. The van der Waals surface area contributed by atoms with Crippen LogP contribution in [0.2, 0.25) is 0 Å². The number of hydrogen-bond donors (Lipinski definition) is 2. The lowest BCUT2D eigenvalue weighted by Gasteiger charge is -2.31. The Bertz CT molecular complexity index is 425. The number of nitrogens with two attached hydrogens (primary N) is 1. The van der Waals surface area contributed by atoms with E-state index in [1.165, 1.54) is 18.4 Å². The lowest BCUT2D eigenvalue weighted by atomic mass is 9.96. The Hall–Kier alpha value is -1.39. The van der Waals surface area contributed by atoms with Crippen LogP contribution in [0.4, 0.5) is 0 Å². The first kappa shape index (κ1) is 14.0. The summed E-state index contributed by atoms with van der Waals surface area (Å²) in [5.41, 5.74) is 7.08. The fourth-order valence-electron chi connectivity index (χ4n) is 2.72. The van der Waals surface area contributed by atoms with Gasteiger partial charge in [0.1, 0.15) is 0 Å². The van der Waals surface area contributed by atoms with Crippen molar-refractivity contribution in [3.63, 3.8) is 0 Å². The van der Waals surface area contributed by atoms with Gasteiger partial charge in [0, 0.05) is 12.1 Å². The predicted octanol–water partition coefficient (Wildman–Crippen LogP) is 1.22. The third-order valence-corrected chi connectivity index (χ3v) is 3.82. The molecule has 1 aliphatic rings. The van der Waals surface area contributed by atoms with Gasteiger partial charge >= 0.3 is 0 Å². The van der Waals surface area contributed by atoms with Crippen LogP contribution in [0.1, 0.15) is 28.8 Å². The van der Waals surface area contributed by atoms with Gasteiger partial charge in [0.05, 0.1) is 0 Å². The first-order valence-corrected chi connectivity index (χ1v) is 6.94. The van der Waals surface area contributed by atoms with Gasteiger partial charge in [0.2, 0.25) is 5.91 Å². The summed E-state index contributed by atoms with van der Waals surface area (Å²) in [6.07, 6.45) is 2.49. The minimum atomic E-state index is -0.352. The molecule has 0 bridgehead atoms. The number of piperidine rings is 1. The highest BCUT2D eigenvalue weighted by molar-refractivity contribution is 5.92. The van der Waals surface area contributed by atoms with Crippen LogP contribution in [-0.2, 0) is 6.54 Å². The number of carbonyl (C=O) groups is 1. The first-order valence-electron chi connectivity index (χ1n) is 6.94. The summed E-state index contributed by atoms with van der Waals surface area (Å²) in [5.74, 6) is 0.452. The molecule has 0 unspecified atom stereocenters. The number of rotatable bonds is 5. The topological polar surface area (TPSA) is 58.4 Å². The molecule has 19 heavy (non-hydrogen) atoms. The van der Waals surface area contributed by atoms with Crippen molar-refractivity contribution in [2.75, 3.05) is 26.7 Å². The molecule has 2 rings (SSSR count). The van der Waals surface area contributed by atoms with Gasteiger partial charge in [-0.05, 0) is 63.1 Å². The largest absolute Gasteiger partial charge is 0.366 e. The van der Waals surface area contributed by atoms with E-state index in [-0.39, 0.29) is 5.91 Å². The molecule has 4 nitrogen and oxygen atoms in total. The molecule has 1 aliphatic heterocycles. The minimum absolute atomic E-state index is 0.352. The van der Waals surface area contributed by atoms with E-state index in [1.54, 1.807) is 6.07 Å². The van der Waals surface area contributed by atoms with Crippen molar-refractivity contribution in [3.8, 4) is 0 Å². The molecule has 1 fully saturated rings. The summed E-state index contributed by atoms with van der Waals surface area (Å²) in [7, 11) is 2.02. The molecular formula is C15H23N3O. The standard InChI is InChI=1S/C15H23N3O/c1-17-10-12-5-7-18(8-6-12)11-13-3-2-4-14(9-13)15(16)19/h2-4,9,12,17H,5-8,10-11H2,1H3,(H2,16,19). The van der Waals surface area contributed by atoms with Crippen LogP contribution >= 0.6 is 0 Å². The summed E-state index contributed by atoms with van der Waals surface area (Å²) in [5, 5.41) is 3.25. The van der Waals surface area contributed by atoms with E-state index >= 15 is 0 Å². The van der Waals surface area contributed by atoms with E-state index in [4.69, 9.17) is 5.73 Å². The van der Waals surface area contributed by atoms with Gasteiger partial charge in [-0.3, -0.25) is 9.69 Å². The van der Waals surface area contributed by atoms with Gasteiger partial charge in [-0.15, -0.1) is 0 Å². The van der Waals surface area contributed by atoms with Crippen LogP contribution in [0.3, 0.4) is 0 Å². The third kappa shape index (κ3) is 4.04. The van der Waals surface area contributed by atoms with Gasteiger partial charge in [-0.25, -0.2) is 0 Å². The molecule has 0 spiro atoms. The monoisotopic (exact) mass is 261 g/mol. The minimum Gasteiger partial charge on any atom is -0.366 e. The van der Waals surface area contributed by atoms with Crippen molar-refractivity contribution in [1.29, 1.82) is 0 Å². The molecule has 104 valence electrons. The van der Waals surface area contributed by atoms with E-state index in [0.717, 1.165) is 32.1 Å². The lowest BCUT2D eigenvalue weighted by Crippen LogP contribution is -2.36. The van der Waals surface area contributed by atoms with Crippen LogP contribution in [0.25, 0.3) is 0 Å². The maximum Gasteiger partial charge on any atom is 0.248 e. The zero-order valence-electron chi connectivity index (χ0n) is 11.6. The molecule has 0 aromatic heterocycles.